The lowest BCUT2D eigenvalue weighted by molar-refractivity contribution is 0.139. The van der Waals surface area contributed by atoms with E-state index >= 15 is 0 Å². The van der Waals surface area contributed by atoms with Crippen molar-refractivity contribution in [1.82, 2.24) is 9.78 Å². The highest BCUT2D eigenvalue weighted by Crippen LogP contribution is 2.50. The van der Waals surface area contributed by atoms with Crippen molar-refractivity contribution in [3.63, 3.8) is 0 Å². The highest BCUT2D eigenvalue weighted by Gasteiger charge is 2.42. The number of nitrogens with zero attached hydrogens (tertiary/aromatic N) is 2. The molecule has 1 fully saturated rings. The summed E-state index contributed by atoms with van der Waals surface area (Å²) in [4.78, 5) is 0. The summed E-state index contributed by atoms with van der Waals surface area (Å²) < 4.78 is 1.88. The predicted molar refractivity (Wildman–Crippen MR) is 74.8 cm³/mol. The molecular weight excluding hydrogens is 236 g/mol. The van der Waals surface area contributed by atoms with Crippen LogP contribution in [0, 0.1) is 5.92 Å². The van der Waals surface area contributed by atoms with E-state index in [1.165, 1.54) is 11.3 Å². The molecule has 100 valence electrons. The third kappa shape index (κ3) is 2.71. The lowest BCUT2D eigenvalue weighted by atomic mass is 10.0. The van der Waals surface area contributed by atoms with Crippen molar-refractivity contribution in [3.8, 4) is 0 Å². The highest BCUT2D eigenvalue weighted by molar-refractivity contribution is 5.26. The Labute approximate surface area is 113 Å². The van der Waals surface area contributed by atoms with Crippen LogP contribution in [-0.2, 0) is 13.5 Å². The summed E-state index contributed by atoms with van der Waals surface area (Å²) in [6, 6.07) is 12.5. The Bertz CT molecular complexity index is 535. The maximum atomic E-state index is 10.3. The normalized spacial score (nSPS) is 23.3. The molecule has 1 N–H and O–H groups in total. The summed E-state index contributed by atoms with van der Waals surface area (Å²) in [5.41, 5.74) is 2.56. The number of aryl methyl sites for hydroxylation is 2. The maximum Gasteiger partial charge on any atom is 0.0578 e. The Morgan fingerprint density at radius 1 is 1.32 bits per heavy atom. The van der Waals surface area contributed by atoms with Gasteiger partial charge in [0, 0.05) is 18.9 Å². The molecule has 0 aliphatic heterocycles. The van der Waals surface area contributed by atoms with Crippen LogP contribution in [0.2, 0.25) is 0 Å². The number of hydrogen-bond acceptors (Lipinski definition) is 2. The summed E-state index contributed by atoms with van der Waals surface area (Å²) >= 11 is 0. The van der Waals surface area contributed by atoms with E-state index in [9.17, 15) is 5.11 Å². The third-order valence-electron chi connectivity index (χ3n) is 4.18. The number of aliphatic hydroxyl groups is 1. The van der Waals surface area contributed by atoms with Crippen LogP contribution in [-0.4, -0.2) is 21.0 Å². The fourth-order valence-electron chi connectivity index (χ4n) is 2.88. The lowest BCUT2D eigenvalue weighted by Crippen LogP contribution is -2.13. The summed E-state index contributed by atoms with van der Waals surface area (Å²) in [7, 11) is 1.95. The van der Waals surface area contributed by atoms with Crippen molar-refractivity contribution < 1.29 is 5.11 Å². The molecule has 1 aromatic heterocycles. The van der Waals surface area contributed by atoms with Gasteiger partial charge in [-0.3, -0.25) is 4.68 Å². The maximum absolute atomic E-state index is 10.3. The molecular formula is C16H20N2O. The average Bonchev–Trinajstić information content (AvgIpc) is 3.14. The SMILES string of the molecule is Cn1nccc1CCC(O)C1CC1c1ccccc1. The van der Waals surface area contributed by atoms with Gasteiger partial charge in [-0.15, -0.1) is 0 Å². The number of hydrogen-bond donors (Lipinski definition) is 1. The largest absolute Gasteiger partial charge is 0.393 e. The van der Waals surface area contributed by atoms with Crippen LogP contribution in [0.4, 0.5) is 0 Å². The second kappa shape index (κ2) is 5.17. The summed E-state index contributed by atoms with van der Waals surface area (Å²) in [6.07, 6.45) is 4.46. The Morgan fingerprint density at radius 3 is 2.79 bits per heavy atom. The molecule has 0 spiro atoms. The second-order valence-corrected chi connectivity index (χ2v) is 5.47. The molecule has 1 aromatic carbocycles. The first-order valence-corrected chi connectivity index (χ1v) is 6.95. The summed E-state index contributed by atoms with van der Waals surface area (Å²) in [5, 5.41) is 14.4. The van der Waals surface area contributed by atoms with Crippen LogP contribution in [0.3, 0.4) is 0 Å². The monoisotopic (exact) mass is 256 g/mol. The minimum absolute atomic E-state index is 0.194. The zero-order valence-corrected chi connectivity index (χ0v) is 11.2. The molecule has 0 amide bonds. The van der Waals surface area contributed by atoms with Crippen LogP contribution in [0.15, 0.2) is 42.6 Å². The Hall–Kier alpha value is -1.61. The fourth-order valence-corrected chi connectivity index (χ4v) is 2.88. The quantitative estimate of drug-likeness (QED) is 0.892. The van der Waals surface area contributed by atoms with Gasteiger partial charge < -0.3 is 5.11 Å². The topological polar surface area (TPSA) is 38.0 Å². The molecule has 3 heteroatoms. The Morgan fingerprint density at radius 2 is 2.11 bits per heavy atom. The fraction of sp³-hybridized carbons (Fsp3) is 0.438. The number of benzene rings is 1. The van der Waals surface area contributed by atoms with Crippen molar-refractivity contribution in [2.45, 2.75) is 31.3 Å². The first-order chi connectivity index (χ1) is 9.25. The third-order valence-corrected chi connectivity index (χ3v) is 4.18. The van der Waals surface area contributed by atoms with Crippen molar-refractivity contribution in [2.24, 2.45) is 13.0 Å². The number of rotatable bonds is 5. The molecule has 3 atom stereocenters. The molecule has 2 aromatic rings. The van der Waals surface area contributed by atoms with Gasteiger partial charge in [0.25, 0.3) is 0 Å². The van der Waals surface area contributed by atoms with Crippen molar-refractivity contribution in [3.05, 3.63) is 53.9 Å². The van der Waals surface area contributed by atoms with Gasteiger partial charge in [0.1, 0.15) is 0 Å². The van der Waals surface area contributed by atoms with Crippen LogP contribution in [0.25, 0.3) is 0 Å². The van der Waals surface area contributed by atoms with Crippen LogP contribution in [0.5, 0.6) is 0 Å². The van der Waals surface area contributed by atoms with E-state index in [0.29, 0.717) is 11.8 Å². The van der Waals surface area contributed by atoms with Gasteiger partial charge in [-0.05, 0) is 42.7 Å². The van der Waals surface area contributed by atoms with Crippen LogP contribution < -0.4 is 0 Å². The van der Waals surface area contributed by atoms with Crippen LogP contribution in [0.1, 0.15) is 30.0 Å². The Kier molecular flexibility index (Phi) is 3.38. The zero-order valence-electron chi connectivity index (χ0n) is 11.2. The van der Waals surface area contributed by atoms with Crippen molar-refractivity contribution in [2.75, 3.05) is 0 Å². The molecule has 1 saturated carbocycles. The van der Waals surface area contributed by atoms with Gasteiger partial charge in [-0.2, -0.15) is 5.10 Å². The van der Waals surface area contributed by atoms with E-state index in [4.69, 9.17) is 0 Å². The zero-order chi connectivity index (χ0) is 13.2. The molecule has 3 unspecified atom stereocenters. The van der Waals surface area contributed by atoms with E-state index in [2.05, 4.69) is 29.4 Å². The molecule has 0 saturated heterocycles. The summed E-state index contributed by atoms with van der Waals surface area (Å²) in [6.45, 7) is 0. The molecule has 3 rings (SSSR count). The van der Waals surface area contributed by atoms with E-state index in [0.717, 1.165) is 19.3 Å². The predicted octanol–water partition coefficient (Wildman–Crippen LogP) is 2.52. The highest BCUT2D eigenvalue weighted by atomic mass is 16.3. The molecule has 1 aliphatic carbocycles. The lowest BCUT2D eigenvalue weighted by Gasteiger charge is -2.10. The Balaban J connectivity index is 1.53. The van der Waals surface area contributed by atoms with Gasteiger partial charge in [0.05, 0.1) is 6.10 Å². The molecule has 1 heterocycles. The second-order valence-electron chi connectivity index (χ2n) is 5.47. The van der Waals surface area contributed by atoms with E-state index in [1.807, 2.05) is 30.1 Å². The molecule has 1 aliphatic rings. The smallest absolute Gasteiger partial charge is 0.0578 e. The van der Waals surface area contributed by atoms with Crippen molar-refractivity contribution >= 4 is 0 Å². The van der Waals surface area contributed by atoms with Gasteiger partial charge in [-0.1, -0.05) is 30.3 Å². The first kappa shape index (κ1) is 12.4. The molecule has 3 nitrogen and oxygen atoms in total. The minimum Gasteiger partial charge on any atom is -0.393 e. The standard InChI is InChI=1S/C16H20N2O/c1-18-13(9-10-17-18)7-8-16(19)15-11-14(15)12-5-3-2-4-6-12/h2-6,9-10,14-16,19H,7-8,11H2,1H3. The van der Waals surface area contributed by atoms with Crippen molar-refractivity contribution in [1.29, 1.82) is 0 Å². The van der Waals surface area contributed by atoms with Gasteiger partial charge in [0.15, 0.2) is 0 Å². The average molecular weight is 256 g/mol. The van der Waals surface area contributed by atoms with Gasteiger partial charge >= 0.3 is 0 Å². The molecule has 0 radical (unpaired) electrons. The minimum atomic E-state index is -0.194. The van der Waals surface area contributed by atoms with E-state index in [1.54, 1.807) is 0 Å². The van der Waals surface area contributed by atoms with Gasteiger partial charge in [-0.25, -0.2) is 0 Å². The summed E-state index contributed by atoms with van der Waals surface area (Å²) in [5.74, 6) is 0.998. The number of aliphatic hydroxyl groups excluding tert-OH is 1. The molecule has 0 bridgehead atoms. The number of aromatic nitrogens is 2. The van der Waals surface area contributed by atoms with Gasteiger partial charge in [0.2, 0.25) is 0 Å². The molecule has 19 heavy (non-hydrogen) atoms. The first-order valence-electron chi connectivity index (χ1n) is 6.95. The van der Waals surface area contributed by atoms with E-state index in [-0.39, 0.29) is 6.10 Å². The van der Waals surface area contributed by atoms with E-state index < -0.39 is 0 Å². The van der Waals surface area contributed by atoms with Crippen LogP contribution >= 0.6 is 0 Å².